The molecule has 5 fully saturated rings. The molecule has 2 aromatic rings. The summed E-state index contributed by atoms with van der Waals surface area (Å²) in [4.78, 5) is 6.57. The number of hydrogen-bond acceptors (Lipinski definition) is 5. The number of likely N-dealkylation sites (tertiary alicyclic amines) is 1. The summed E-state index contributed by atoms with van der Waals surface area (Å²) in [6.07, 6.45) is 4.97. The van der Waals surface area contributed by atoms with Crippen LogP contribution in [0, 0.1) is 5.41 Å². The molecule has 3 aliphatic carbocycles. The van der Waals surface area contributed by atoms with Crippen LogP contribution in [0.5, 0.6) is 0 Å². The Balaban J connectivity index is 1.26. The third-order valence-electron chi connectivity index (χ3n) is 9.03. The van der Waals surface area contributed by atoms with Crippen molar-refractivity contribution in [1.29, 1.82) is 0 Å². The molecule has 176 valence electrons. The van der Waals surface area contributed by atoms with E-state index in [1.807, 2.05) is 0 Å². The topological polar surface area (TPSA) is 69.2 Å². The molecule has 33 heavy (non-hydrogen) atoms. The summed E-state index contributed by atoms with van der Waals surface area (Å²) in [5, 5.41) is 4.91. The summed E-state index contributed by atoms with van der Waals surface area (Å²) in [6, 6.07) is 5.28. The third-order valence-corrected chi connectivity index (χ3v) is 9.03. The van der Waals surface area contributed by atoms with Crippen molar-refractivity contribution in [3.05, 3.63) is 29.6 Å². The Kier molecular flexibility index (Phi) is 4.13. The number of anilines is 1. The molecule has 4 heterocycles. The van der Waals surface area contributed by atoms with Crippen molar-refractivity contribution < 1.29 is 17.9 Å². The molecule has 2 bridgehead atoms. The number of piperidine rings is 2. The summed E-state index contributed by atoms with van der Waals surface area (Å²) < 4.78 is 48.0. The second kappa shape index (κ2) is 6.72. The molecule has 2 unspecified atom stereocenters. The van der Waals surface area contributed by atoms with Crippen LogP contribution in [0.3, 0.4) is 0 Å². The Morgan fingerprint density at radius 2 is 1.85 bits per heavy atom. The van der Waals surface area contributed by atoms with Gasteiger partial charge in [-0.25, -0.2) is 4.98 Å². The number of rotatable bonds is 4. The van der Waals surface area contributed by atoms with Gasteiger partial charge < -0.3 is 10.5 Å². The maximum atomic E-state index is 13.5. The lowest BCUT2D eigenvalue weighted by Crippen LogP contribution is -2.53. The highest BCUT2D eigenvalue weighted by Gasteiger charge is 2.74. The molecule has 3 saturated carbocycles. The zero-order valence-corrected chi connectivity index (χ0v) is 18.4. The highest BCUT2D eigenvalue weighted by Crippen LogP contribution is 2.73. The van der Waals surface area contributed by atoms with Crippen molar-refractivity contribution in [3.8, 4) is 11.3 Å². The second-order valence-corrected chi connectivity index (χ2v) is 10.7. The second-order valence-electron chi connectivity index (χ2n) is 10.7. The van der Waals surface area contributed by atoms with Crippen molar-refractivity contribution in [2.75, 3.05) is 18.9 Å². The van der Waals surface area contributed by atoms with Gasteiger partial charge in [0, 0.05) is 35.5 Å². The predicted molar refractivity (Wildman–Crippen MR) is 115 cm³/mol. The highest BCUT2D eigenvalue weighted by atomic mass is 19.4. The zero-order chi connectivity index (χ0) is 22.5. The average Bonchev–Trinajstić information content (AvgIpc) is 3.19. The number of nitrogens with two attached hydrogens (primary N) is 1. The third kappa shape index (κ3) is 2.87. The minimum absolute atomic E-state index is 0.310. The van der Waals surface area contributed by atoms with Gasteiger partial charge >= 0.3 is 6.18 Å². The quantitative estimate of drug-likeness (QED) is 0.735. The van der Waals surface area contributed by atoms with Gasteiger partial charge in [0.05, 0.1) is 36.6 Å². The summed E-state index contributed by atoms with van der Waals surface area (Å²) in [5.41, 5.74) is 7.14. The molecule has 0 amide bonds. The summed E-state index contributed by atoms with van der Waals surface area (Å²) in [6.45, 7) is 1.70. The van der Waals surface area contributed by atoms with Crippen LogP contribution in [0.15, 0.2) is 18.3 Å². The van der Waals surface area contributed by atoms with E-state index in [-0.39, 0.29) is 0 Å². The summed E-state index contributed by atoms with van der Waals surface area (Å²) in [5.74, 6) is -0.0648. The Labute approximate surface area is 190 Å². The molecule has 2 N–H and O–H groups in total. The lowest BCUT2D eigenvalue weighted by atomic mass is 9.87. The van der Waals surface area contributed by atoms with E-state index >= 15 is 0 Å². The van der Waals surface area contributed by atoms with Gasteiger partial charge in [0.1, 0.15) is 5.82 Å². The Bertz CT molecular complexity index is 1100. The lowest BCUT2D eigenvalue weighted by molar-refractivity contribution is -0.137. The van der Waals surface area contributed by atoms with E-state index in [1.54, 1.807) is 0 Å². The Morgan fingerprint density at radius 3 is 2.52 bits per heavy atom. The van der Waals surface area contributed by atoms with Crippen molar-refractivity contribution in [2.45, 2.75) is 81.2 Å². The molecule has 9 heteroatoms. The minimum atomic E-state index is -4.54. The van der Waals surface area contributed by atoms with Crippen molar-refractivity contribution in [1.82, 2.24) is 19.7 Å². The van der Waals surface area contributed by atoms with Gasteiger partial charge in [0.25, 0.3) is 0 Å². The lowest BCUT2D eigenvalue weighted by Gasteiger charge is -2.41. The molecule has 1 spiro atoms. The van der Waals surface area contributed by atoms with E-state index in [0.717, 1.165) is 38.5 Å². The number of ether oxygens (including phenoxy) is 1. The van der Waals surface area contributed by atoms with E-state index in [1.165, 1.54) is 37.6 Å². The van der Waals surface area contributed by atoms with Gasteiger partial charge in [-0.1, -0.05) is 12.8 Å². The van der Waals surface area contributed by atoms with Crippen LogP contribution in [0.4, 0.5) is 19.0 Å². The minimum Gasteiger partial charge on any atom is -0.383 e. The molecule has 2 aliphatic heterocycles. The normalized spacial score (nSPS) is 34.1. The number of halogens is 3. The molecule has 6 nitrogen and oxygen atoms in total. The molecule has 0 radical (unpaired) electrons. The van der Waals surface area contributed by atoms with E-state index in [2.05, 4.69) is 20.6 Å². The van der Waals surface area contributed by atoms with Gasteiger partial charge in [-0.05, 0) is 49.7 Å². The van der Waals surface area contributed by atoms with Crippen molar-refractivity contribution >= 4 is 5.82 Å². The van der Waals surface area contributed by atoms with Crippen molar-refractivity contribution in [3.63, 3.8) is 0 Å². The number of alkyl halides is 3. The molecule has 5 aliphatic rings. The molecular weight excluding hydrogens is 431 g/mol. The highest BCUT2D eigenvalue weighted by molar-refractivity contribution is 5.63. The summed E-state index contributed by atoms with van der Waals surface area (Å²) >= 11 is 0. The van der Waals surface area contributed by atoms with Gasteiger partial charge in [-0.2, -0.15) is 18.3 Å². The maximum absolute atomic E-state index is 13.5. The van der Waals surface area contributed by atoms with Crippen molar-refractivity contribution in [2.24, 2.45) is 5.41 Å². The van der Waals surface area contributed by atoms with Crippen LogP contribution >= 0.6 is 0 Å². The number of aromatic nitrogens is 3. The monoisotopic (exact) mass is 459 g/mol. The summed E-state index contributed by atoms with van der Waals surface area (Å²) in [7, 11) is 0. The van der Waals surface area contributed by atoms with Crippen LogP contribution in [0.2, 0.25) is 0 Å². The first kappa shape index (κ1) is 20.3. The van der Waals surface area contributed by atoms with E-state index in [9.17, 15) is 13.2 Å². The van der Waals surface area contributed by atoms with Gasteiger partial charge in [0.15, 0.2) is 0 Å². The number of nitrogens with zero attached hydrogens (tertiary/aromatic N) is 4. The number of hydrogen-bond donors (Lipinski definition) is 1. The fourth-order valence-electron chi connectivity index (χ4n) is 7.41. The number of nitrogen functional groups attached to an aromatic ring is 1. The predicted octanol–water partition coefficient (Wildman–Crippen LogP) is 4.38. The molecule has 2 aromatic heterocycles. The first-order chi connectivity index (χ1) is 15.8. The SMILES string of the molecule is Nc1ncc(-c2cc([C@H]3CC4C[C@]35CC5N4C3COC3)n(C3CCCC3)n2)cc1C(F)(F)F. The van der Waals surface area contributed by atoms with Gasteiger partial charge in [-0.15, -0.1) is 0 Å². The molecule has 2 saturated heterocycles. The van der Waals surface area contributed by atoms with E-state index in [4.69, 9.17) is 15.6 Å². The van der Waals surface area contributed by atoms with Crippen LogP contribution < -0.4 is 5.73 Å². The number of pyridine rings is 1. The average molecular weight is 460 g/mol. The van der Waals surface area contributed by atoms with Crippen LogP contribution in [-0.2, 0) is 10.9 Å². The molecule has 4 atom stereocenters. The molecular formula is C24H28F3N5O. The van der Waals surface area contributed by atoms with Gasteiger partial charge in [0.2, 0.25) is 0 Å². The van der Waals surface area contributed by atoms with Crippen LogP contribution in [0.25, 0.3) is 11.3 Å². The largest absolute Gasteiger partial charge is 0.419 e. The molecule has 7 rings (SSSR count). The van der Waals surface area contributed by atoms with Crippen LogP contribution in [-0.4, -0.2) is 51.0 Å². The maximum Gasteiger partial charge on any atom is 0.419 e. The standard InChI is InChI=1S/C24H28F3N5O/c25-24(26,27)18-5-13(10-29-22(18)28)19-7-20(32(30-19)14-3-1-2-4-14)17-6-15-8-23(17)9-21(23)31(15)16-11-33-12-16/h5,7,10,14-17,21H,1-4,6,8-9,11-12H2,(H2,28,29)/t15?,17-,21?,23+/m1/s1. The Hall–Kier alpha value is -2.13. The Morgan fingerprint density at radius 1 is 1.06 bits per heavy atom. The fourth-order valence-corrected chi connectivity index (χ4v) is 7.41. The van der Waals surface area contributed by atoms with Crippen LogP contribution in [0.1, 0.15) is 68.2 Å². The zero-order valence-electron chi connectivity index (χ0n) is 18.4. The smallest absolute Gasteiger partial charge is 0.383 e. The first-order valence-electron chi connectivity index (χ1n) is 12.1. The fraction of sp³-hybridized carbons (Fsp3) is 0.667. The number of fused-ring (bicyclic) bond motifs is 1. The van der Waals surface area contributed by atoms with E-state index in [0.29, 0.717) is 46.8 Å². The van der Waals surface area contributed by atoms with Gasteiger partial charge in [-0.3, -0.25) is 9.58 Å². The van der Waals surface area contributed by atoms with E-state index < -0.39 is 17.6 Å². The molecule has 0 aromatic carbocycles. The first-order valence-corrected chi connectivity index (χ1v) is 12.1.